The molecule has 136 valence electrons. The predicted octanol–water partition coefficient (Wildman–Crippen LogP) is 5.33. The highest BCUT2D eigenvalue weighted by molar-refractivity contribution is 6.11. The van der Waals surface area contributed by atoms with Gasteiger partial charge in [-0.1, -0.05) is 48.5 Å². The highest BCUT2D eigenvalue weighted by Gasteiger charge is 2.16. The summed E-state index contributed by atoms with van der Waals surface area (Å²) in [5, 5.41) is 11.4. The smallest absolute Gasteiger partial charge is 0.335 e. The van der Waals surface area contributed by atoms with E-state index in [1.807, 2.05) is 42.5 Å². The van der Waals surface area contributed by atoms with E-state index in [4.69, 9.17) is 0 Å². The van der Waals surface area contributed by atoms with Crippen molar-refractivity contribution in [2.45, 2.75) is 6.54 Å². The molecule has 0 fully saturated rings. The molecule has 2 aromatic heterocycles. The second kappa shape index (κ2) is 6.43. The minimum absolute atomic E-state index is 0.301. The molecule has 4 heteroatoms. The monoisotopic (exact) mass is 366 g/mol. The summed E-state index contributed by atoms with van der Waals surface area (Å²) in [7, 11) is 0. The number of benzene rings is 3. The summed E-state index contributed by atoms with van der Waals surface area (Å²) in [4.78, 5) is 11.5. The van der Waals surface area contributed by atoms with Crippen LogP contribution in [-0.4, -0.2) is 20.2 Å². The zero-order chi connectivity index (χ0) is 19.1. The van der Waals surface area contributed by atoms with Gasteiger partial charge in [-0.3, -0.25) is 0 Å². The third kappa shape index (κ3) is 2.67. The largest absolute Gasteiger partial charge is 0.478 e. The number of fused-ring (bicyclic) bond motifs is 3. The highest BCUT2D eigenvalue weighted by atomic mass is 16.4. The van der Waals surface area contributed by atoms with Gasteiger partial charge in [-0.25, -0.2) is 4.79 Å². The molecule has 0 aliphatic heterocycles. The summed E-state index contributed by atoms with van der Waals surface area (Å²) in [6.07, 6.45) is 4.24. The quantitative estimate of drug-likeness (QED) is 0.467. The molecule has 28 heavy (non-hydrogen) atoms. The summed E-state index contributed by atoms with van der Waals surface area (Å²) in [5.74, 6) is -0.911. The molecule has 3 aromatic carbocycles. The van der Waals surface area contributed by atoms with Crippen LogP contribution >= 0.6 is 0 Å². The van der Waals surface area contributed by atoms with Gasteiger partial charge in [-0.15, -0.1) is 0 Å². The predicted molar refractivity (Wildman–Crippen MR) is 111 cm³/mol. The van der Waals surface area contributed by atoms with Crippen molar-refractivity contribution in [2.24, 2.45) is 0 Å². The molecule has 0 unspecified atom stereocenters. The van der Waals surface area contributed by atoms with Crippen LogP contribution in [0.15, 0.2) is 91.3 Å². The Balaban J connectivity index is 1.76. The minimum Gasteiger partial charge on any atom is -0.478 e. The molecule has 0 atom stereocenters. The number of hydrogen-bond donors (Lipinski definition) is 1. The van der Waals surface area contributed by atoms with Crippen LogP contribution in [0.1, 0.15) is 15.9 Å². The van der Waals surface area contributed by atoms with Crippen LogP contribution in [0.3, 0.4) is 0 Å². The lowest BCUT2D eigenvalue weighted by molar-refractivity contribution is 0.0697. The topological polar surface area (TPSA) is 47.2 Å². The average molecular weight is 366 g/mol. The van der Waals surface area contributed by atoms with Crippen molar-refractivity contribution in [1.82, 2.24) is 9.13 Å². The van der Waals surface area contributed by atoms with Crippen LogP contribution in [0.5, 0.6) is 0 Å². The first kappa shape index (κ1) is 16.4. The van der Waals surface area contributed by atoms with E-state index in [-0.39, 0.29) is 0 Å². The van der Waals surface area contributed by atoms with Gasteiger partial charge >= 0.3 is 5.97 Å². The number of hydrogen-bond acceptors (Lipinski definition) is 1. The molecule has 2 heterocycles. The number of carbonyl (C=O) groups is 1. The van der Waals surface area contributed by atoms with Crippen LogP contribution in [0.4, 0.5) is 0 Å². The van der Waals surface area contributed by atoms with Crippen LogP contribution in [0.25, 0.3) is 27.5 Å². The standard InChI is InChI=1S/C24H18N2O2/c27-24(28)18-11-12-22-20(13-18)21-15-25(14-17-7-3-1-4-8-17)16-23(21)26(22)19-9-5-2-6-10-19/h1-13,15-16H,14H2,(H,27,28). The first-order valence-corrected chi connectivity index (χ1v) is 9.17. The van der Waals surface area contributed by atoms with Gasteiger partial charge < -0.3 is 14.2 Å². The highest BCUT2D eigenvalue weighted by Crippen LogP contribution is 2.33. The summed E-state index contributed by atoms with van der Waals surface area (Å²) < 4.78 is 4.35. The number of carboxylic acid groups (broad SMARTS) is 1. The Morgan fingerprint density at radius 2 is 1.50 bits per heavy atom. The molecule has 0 radical (unpaired) electrons. The molecular formula is C24H18N2O2. The van der Waals surface area contributed by atoms with Gasteiger partial charge in [0.25, 0.3) is 0 Å². The normalized spacial score (nSPS) is 11.3. The maximum Gasteiger partial charge on any atom is 0.335 e. The average Bonchev–Trinajstić information content (AvgIpc) is 3.25. The van der Waals surface area contributed by atoms with Gasteiger partial charge in [0, 0.05) is 35.4 Å². The van der Waals surface area contributed by atoms with Crippen molar-refractivity contribution in [3.05, 3.63) is 102 Å². The van der Waals surface area contributed by atoms with E-state index < -0.39 is 5.97 Å². The van der Waals surface area contributed by atoms with Crippen LogP contribution in [0, 0.1) is 0 Å². The third-order valence-electron chi connectivity index (χ3n) is 5.10. The summed E-state index contributed by atoms with van der Waals surface area (Å²) in [5.41, 5.74) is 4.66. The number of rotatable bonds is 4. The van der Waals surface area contributed by atoms with E-state index in [2.05, 4.69) is 45.8 Å². The fourth-order valence-electron chi connectivity index (χ4n) is 3.83. The van der Waals surface area contributed by atoms with E-state index in [0.29, 0.717) is 5.56 Å². The van der Waals surface area contributed by atoms with Gasteiger partial charge in [0.15, 0.2) is 0 Å². The molecule has 0 aliphatic carbocycles. The number of carboxylic acids is 1. The number of nitrogens with zero attached hydrogens (tertiary/aromatic N) is 2. The number of aromatic carboxylic acids is 1. The second-order valence-corrected chi connectivity index (χ2v) is 6.92. The summed E-state index contributed by atoms with van der Waals surface area (Å²) in [6.45, 7) is 0.768. The van der Waals surface area contributed by atoms with Crippen LogP contribution in [0.2, 0.25) is 0 Å². The van der Waals surface area contributed by atoms with Crippen molar-refractivity contribution in [3.63, 3.8) is 0 Å². The molecule has 0 amide bonds. The zero-order valence-corrected chi connectivity index (χ0v) is 15.1. The maximum absolute atomic E-state index is 11.5. The Hall–Kier alpha value is -3.79. The SMILES string of the molecule is O=C(O)c1ccc2c(c1)c1cn(Cc3ccccc3)cc1n2-c1ccccc1. The lowest BCUT2D eigenvalue weighted by Gasteiger charge is -2.08. The Labute approximate surface area is 161 Å². The summed E-state index contributed by atoms with van der Waals surface area (Å²) >= 11 is 0. The fraction of sp³-hybridized carbons (Fsp3) is 0.0417. The van der Waals surface area contributed by atoms with E-state index in [9.17, 15) is 9.90 Å². The van der Waals surface area contributed by atoms with Crippen molar-refractivity contribution in [1.29, 1.82) is 0 Å². The Morgan fingerprint density at radius 1 is 0.786 bits per heavy atom. The first-order valence-electron chi connectivity index (χ1n) is 9.17. The van der Waals surface area contributed by atoms with Gasteiger partial charge in [0.05, 0.1) is 16.6 Å². The van der Waals surface area contributed by atoms with Crippen molar-refractivity contribution >= 4 is 27.8 Å². The minimum atomic E-state index is -0.911. The van der Waals surface area contributed by atoms with Crippen molar-refractivity contribution in [2.75, 3.05) is 0 Å². The Bertz CT molecular complexity index is 1300. The zero-order valence-electron chi connectivity index (χ0n) is 15.1. The first-order chi connectivity index (χ1) is 13.7. The van der Waals surface area contributed by atoms with Gasteiger partial charge in [-0.05, 0) is 35.9 Å². The van der Waals surface area contributed by atoms with Gasteiger partial charge in [0.1, 0.15) is 0 Å². The molecule has 0 aliphatic rings. The molecular weight excluding hydrogens is 348 g/mol. The van der Waals surface area contributed by atoms with Crippen molar-refractivity contribution < 1.29 is 9.90 Å². The molecule has 0 bridgehead atoms. The van der Waals surface area contributed by atoms with E-state index in [0.717, 1.165) is 34.0 Å². The van der Waals surface area contributed by atoms with Crippen molar-refractivity contribution in [3.8, 4) is 5.69 Å². The van der Waals surface area contributed by atoms with Crippen LogP contribution < -0.4 is 0 Å². The van der Waals surface area contributed by atoms with Gasteiger partial charge in [0.2, 0.25) is 0 Å². The molecule has 5 aromatic rings. The van der Waals surface area contributed by atoms with Crippen LogP contribution in [-0.2, 0) is 6.54 Å². The van der Waals surface area contributed by atoms with Gasteiger partial charge in [-0.2, -0.15) is 0 Å². The van der Waals surface area contributed by atoms with E-state index >= 15 is 0 Å². The fourth-order valence-corrected chi connectivity index (χ4v) is 3.83. The number of para-hydroxylation sites is 1. The molecule has 5 rings (SSSR count). The second-order valence-electron chi connectivity index (χ2n) is 6.92. The maximum atomic E-state index is 11.5. The van der Waals surface area contributed by atoms with E-state index in [1.165, 1.54) is 5.56 Å². The molecule has 4 nitrogen and oxygen atoms in total. The molecule has 0 saturated heterocycles. The summed E-state index contributed by atoms with van der Waals surface area (Å²) in [6, 6.07) is 25.8. The lowest BCUT2D eigenvalue weighted by atomic mass is 10.1. The Morgan fingerprint density at radius 3 is 2.21 bits per heavy atom. The molecule has 0 saturated carbocycles. The lowest BCUT2D eigenvalue weighted by Crippen LogP contribution is -1.98. The molecule has 0 spiro atoms. The third-order valence-corrected chi connectivity index (χ3v) is 5.10. The Kier molecular flexibility index (Phi) is 3.76. The number of aromatic nitrogens is 2. The molecule has 1 N–H and O–H groups in total. The van der Waals surface area contributed by atoms with E-state index in [1.54, 1.807) is 12.1 Å².